The molecular formula is C20H31BrN2O. The molecule has 0 aromatic heterocycles. The second-order valence-electron chi connectivity index (χ2n) is 6.90. The van der Waals surface area contributed by atoms with Crippen LogP contribution in [0.3, 0.4) is 0 Å². The Balaban J connectivity index is 0.00000288. The van der Waals surface area contributed by atoms with E-state index in [1.807, 2.05) is 12.1 Å². The van der Waals surface area contributed by atoms with Gasteiger partial charge in [-0.2, -0.15) is 0 Å². The Morgan fingerprint density at radius 2 is 2.00 bits per heavy atom. The molecule has 1 fully saturated rings. The number of carbonyl (C=O) groups excluding carboxylic acids is 1. The third-order valence-corrected chi connectivity index (χ3v) is 5.19. The molecule has 0 radical (unpaired) electrons. The topological polar surface area (TPSA) is 29.1 Å². The first-order chi connectivity index (χ1) is 11.0. The smallest absolute Gasteiger partial charge is 0.282 e. The number of carbonyl (C=O) groups is 1. The second-order valence-corrected chi connectivity index (χ2v) is 6.90. The van der Waals surface area contributed by atoms with Crippen molar-refractivity contribution in [2.24, 2.45) is 0 Å². The van der Waals surface area contributed by atoms with Gasteiger partial charge in [-0.1, -0.05) is 31.7 Å². The number of halogens is 1. The van der Waals surface area contributed by atoms with E-state index in [1.54, 1.807) is 0 Å². The number of likely N-dealkylation sites (tertiary alicyclic amines) is 1. The van der Waals surface area contributed by atoms with Crippen LogP contribution >= 0.6 is 0 Å². The number of anilines is 1. The molecule has 24 heavy (non-hydrogen) atoms. The SMILES string of the molecule is C=CC[N@+]1(CCC)CCCCC1C(=O)Nc1c(C)cccc1C.[Br-]. The third kappa shape index (κ3) is 4.48. The molecule has 1 unspecified atom stereocenters. The van der Waals surface area contributed by atoms with Gasteiger partial charge in [0.1, 0.15) is 0 Å². The Morgan fingerprint density at radius 1 is 1.33 bits per heavy atom. The van der Waals surface area contributed by atoms with Crippen LogP contribution in [0.2, 0.25) is 0 Å². The summed E-state index contributed by atoms with van der Waals surface area (Å²) < 4.78 is 0.872. The minimum absolute atomic E-state index is 0. The Bertz CT molecular complexity index is 549. The molecule has 0 saturated carbocycles. The number of quaternary nitrogens is 1. The predicted octanol–water partition coefficient (Wildman–Crippen LogP) is 1.21. The zero-order valence-electron chi connectivity index (χ0n) is 15.3. The number of nitrogens with zero attached hydrogens (tertiary/aromatic N) is 1. The minimum atomic E-state index is 0. The number of amides is 1. The Labute approximate surface area is 157 Å². The van der Waals surface area contributed by atoms with E-state index >= 15 is 0 Å². The molecule has 2 rings (SSSR count). The molecule has 0 spiro atoms. The lowest BCUT2D eigenvalue weighted by atomic mass is 9.96. The van der Waals surface area contributed by atoms with Crippen molar-refractivity contribution in [3.8, 4) is 0 Å². The van der Waals surface area contributed by atoms with E-state index in [1.165, 1.54) is 6.42 Å². The van der Waals surface area contributed by atoms with Gasteiger partial charge in [-0.15, -0.1) is 0 Å². The van der Waals surface area contributed by atoms with Crippen molar-refractivity contribution in [3.63, 3.8) is 0 Å². The first kappa shape index (κ1) is 20.9. The van der Waals surface area contributed by atoms with Crippen LogP contribution in [-0.2, 0) is 4.79 Å². The molecular weight excluding hydrogens is 364 g/mol. The van der Waals surface area contributed by atoms with Gasteiger partial charge in [0, 0.05) is 12.1 Å². The van der Waals surface area contributed by atoms with Gasteiger partial charge in [-0.3, -0.25) is 4.79 Å². The van der Waals surface area contributed by atoms with Crippen LogP contribution in [0.4, 0.5) is 5.69 Å². The number of piperidine rings is 1. The van der Waals surface area contributed by atoms with Gasteiger partial charge in [-0.25, -0.2) is 0 Å². The van der Waals surface area contributed by atoms with Gasteiger partial charge in [0.25, 0.3) is 5.91 Å². The van der Waals surface area contributed by atoms with Crippen LogP contribution in [0.1, 0.15) is 43.7 Å². The monoisotopic (exact) mass is 394 g/mol. The standard InChI is InChI=1S/C20H30N2O.BrH/c1-5-13-22(14-6-2)15-8-7-12-18(22)20(23)21-19-16(3)10-9-11-17(19)4;/h5,9-11,18H,1,6-8,12-15H2,2-4H3;1H/t18?,22-;/m0./s1. The van der Waals surface area contributed by atoms with Gasteiger partial charge in [-0.05, 0) is 50.3 Å². The van der Waals surface area contributed by atoms with Crippen LogP contribution < -0.4 is 22.3 Å². The molecule has 0 aliphatic carbocycles. The normalized spacial score (nSPS) is 23.2. The van der Waals surface area contributed by atoms with Gasteiger partial charge in [0.15, 0.2) is 6.04 Å². The highest BCUT2D eigenvalue weighted by molar-refractivity contribution is 5.95. The molecule has 1 heterocycles. The third-order valence-electron chi connectivity index (χ3n) is 5.19. The van der Waals surface area contributed by atoms with Crippen LogP contribution in [0.25, 0.3) is 0 Å². The summed E-state index contributed by atoms with van der Waals surface area (Å²) in [4.78, 5) is 13.1. The van der Waals surface area contributed by atoms with Gasteiger partial charge in [0.05, 0.1) is 19.6 Å². The summed E-state index contributed by atoms with van der Waals surface area (Å²) in [6.45, 7) is 13.3. The fourth-order valence-electron chi connectivity index (χ4n) is 4.07. The van der Waals surface area contributed by atoms with E-state index in [-0.39, 0.29) is 28.9 Å². The van der Waals surface area contributed by atoms with E-state index in [2.05, 4.69) is 44.8 Å². The van der Waals surface area contributed by atoms with Crippen LogP contribution in [0.5, 0.6) is 0 Å². The van der Waals surface area contributed by atoms with E-state index in [0.717, 1.165) is 60.2 Å². The zero-order valence-corrected chi connectivity index (χ0v) is 16.9. The number of hydrogen-bond acceptors (Lipinski definition) is 1. The second kappa shape index (κ2) is 9.38. The summed E-state index contributed by atoms with van der Waals surface area (Å²) in [5, 5.41) is 3.23. The van der Waals surface area contributed by atoms with Crippen molar-refractivity contribution >= 4 is 11.6 Å². The van der Waals surface area contributed by atoms with Crippen LogP contribution in [-0.4, -0.2) is 36.1 Å². The van der Waals surface area contributed by atoms with Crippen molar-refractivity contribution in [3.05, 3.63) is 42.0 Å². The minimum Gasteiger partial charge on any atom is -1.00 e. The number of rotatable bonds is 6. The molecule has 1 aromatic carbocycles. The van der Waals surface area contributed by atoms with Crippen LogP contribution in [0.15, 0.2) is 30.9 Å². The summed E-state index contributed by atoms with van der Waals surface area (Å²) in [5.74, 6) is 0.178. The maximum absolute atomic E-state index is 13.1. The van der Waals surface area contributed by atoms with Gasteiger partial charge in [0.2, 0.25) is 0 Å². The maximum Gasteiger partial charge on any atom is 0.282 e. The number of aryl methyl sites for hydroxylation is 2. The average Bonchev–Trinajstić information content (AvgIpc) is 2.52. The molecule has 1 aliphatic rings. The highest BCUT2D eigenvalue weighted by Gasteiger charge is 2.42. The van der Waals surface area contributed by atoms with Gasteiger partial charge >= 0.3 is 0 Å². The lowest BCUT2D eigenvalue weighted by Gasteiger charge is -2.46. The molecule has 1 N–H and O–H groups in total. The molecule has 1 amide bonds. The van der Waals surface area contributed by atoms with E-state index in [9.17, 15) is 4.79 Å². The summed E-state index contributed by atoms with van der Waals surface area (Å²) in [7, 11) is 0. The highest BCUT2D eigenvalue weighted by atomic mass is 79.9. The van der Waals surface area contributed by atoms with E-state index in [0.29, 0.717) is 0 Å². The molecule has 4 heteroatoms. The van der Waals surface area contributed by atoms with Crippen molar-refractivity contribution in [2.45, 2.75) is 52.5 Å². The maximum atomic E-state index is 13.1. The lowest BCUT2D eigenvalue weighted by Crippen LogP contribution is -3.00. The summed E-state index contributed by atoms with van der Waals surface area (Å²) >= 11 is 0. The quantitative estimate of drug-likeness (QED) is 0.570. The fourth-order valence-corrected chi connectivity index (χ4v) is 4.07. The van der Waals surface area contributed by atoms with Crippen molar-refractivity contribution < 1.29 is 26.3 Å². The van der Waals surface area contributed by atoms with Crippen molar-refractivity contribution in [2.75, 3.05) is 25.0 Å². The highest BCUT2D eigenvalue weighted by Crippen LogP contribution is 2.29. The van der Waals surface area contributed by atoms with Gasteiger partial charge < -0.3 is 26.8 Å². The summed E-state index contributed by atoms with van der Waals surface area (Å²) in [6.07, 6.45) is 6.42. The number of benzene rings is 1. The van der Waals surface area contributed by atoms with E-state index in [4.69, 9.17) is 0 Å². The lowest BCUT2D eigenvalue weighted by molar-refractivity contribution is -0.942. The summed E-state index contributed by atoms with van der Waals surface area (Å²) in [5.41, 5.74) is 3.24. The average molecular weight is 395 g/mol. The fraction of sp³-hybridized carbons (Fsp3) is 0.550. The van der Waals surface area contributed by atoms with Crippen LogP contribution in [0, 0.1) is 13.8 Å². The first-order valence-corrected chi connectivity index (χ1v) is 8.88. The molecule has 2 atom stereocenters. The number of nitrogens with one attached hydrogen (secondary N) is 1. The largest absolute Gasteiger partial charge is 1.00 e. The molecule has 1 saturated heterocycles. The van der Waals surface area contributed by atoms with Crippen molar-refractivity contribution in [1.29, 1.82) is 0 Å². The Kier molecular flexibility index (Phi) is 8.17. The first-order valence-electron chi connectivity index (χ1n) is 8.88. The zero-order chi connectivity index (χ0) is 16.9. The molecule has 1 aromatic rings. The molecule has 0 bridgehead atoms. The summed E-state index contributed by atoms with van der Waals surface area (Å²) in [6, 6.07) is 6.19. The molecule has 3 nitrogen and oxygen atoms in total. The van der Waals surface area contributed by atoms with Crippen molar-refractivity contribution in [1.82, 2.24) is 0 Å². The Morgan fingerprint density at radius 3 is 2.58 bits per heavy atom. The Hall–Kier alpha value is -1.13. The number of para-hydroxylation sites is 1. The molecule has 134 valence electrons. The number of hydrogen-bond donors (Lipinski definition) is 1. The molecule has 1 aliphatic heterocycles. The van der Waals surface area contributed by atoms with E-state index < -0.39 is 0 Å². The predicted molar refractivity (Wildman–Crippen MR) is 97.5 cm³/mol.